The van der Waals surface area contributed by atoms with Crippen LogP contribution in [0, 0.1) is 5.92 Å². The van der Waals surface area contributed by atoms with Crippen molar-refractivity contribution in [2.45, 2.75) is 46.0 Å². The maximum absolute atomic E-state index is 11.9. The number of nitrogens with zero attached hydrogens (tertiary/aromatic N) is 3. The fourth-order valence-electron chi connectivity index (χ4n) is 2.68. The quantitative estimate of drug-likeness (QED) is 0.818. The van der Waals surface area contributed by atoms with Gasteiger partial charge >= 0.3 is 0 Å². The van der Waals surface area contributed by atoms with Crippen molar-refractivity contribution in [3.8, 4) is 0 Å². The van der Waals surface area contributed by atoms with Crippen molar-refractivity contribution >= 4 is 11.7 Å². The zero-order valence-electron chi connectivity index (χ0n) is 13.1. The van der Waals surface area contributed by atoms with Crippen LogP contribution in [0.3, 0.4) is 0 Å². The average Bonchev–Trinajstić information content (AvgIpc) is 2.51. The highest BCUT2D eigenvalue weighted by molar-refractivity contribution is 5.92. The molecule has 1 atom stereocenters. The van der Waals surface area contributed by atoms with Crippen LogP contribution in [0.2, 0.25) is 0 Å². The van der Waals surface area contributed by atoms with Gasteiger partial charge in [-0.15, -0.1) is 10.2 Å². The lowest BCUT2D eigenvalue weighted by Gasteiger charge is -2.31. The van der Waals surface area contributed by atoms with Crippen LogP contribution in [0.25, 0.3) is 0 Å². The molecular weight excluding hydrogens is 264 g/mol. The first-order valence-electron chi connectivity index (χ1n) is 8.07. The van der Waals surface area contributed by atoms with Crippen molar-refractivity contribution in [2.75, 3.05) is 24.5 Å². The van der Waals surface area contributed by atoms with Gasteiger partial charge in [0.15, 0.2) is 11.5 Å². The van der Waals surface area contributed by atoms with E-state index in [-0.39, 0.29) is 5.91 Å². The number of rotatable bonds is 6. The summed E-state index contributed by atoms with van der Waals surface area (Å²) in [7, 11) is 0. The van der Waals surface area contributed by atoms with Crippen LogP contribution in [0.1, 0.15) is 56.4 Å². The number of anilines is 1. The second kappa shape index (κ2) is 7.96. The Morgan fingerprint density at radius 3 is 2.90 bits per heavy atom. The summed E-state index contributed by atoms with van der Waals surface area (Å²) in [6.07, 6.45) is 5.78. The van der Waals surface area contributed by atoms with Gasteiger partial charge in [0.2, 0.25) is 0 Å². The van der Waals surface area contributed by atoms with Crippen LogP contribution in [-0.4, -0.2) is 35.7 Å². The summed E-state index contributed by atoms with van der Waals surface area (Å²) in [6.45, 7) is 7.17. The summed E-state index contributed by atoms with van der Waals surface area (Å²) in [4.78, 5) is 14.2. The molecule has 5 nitrogen and oxygen atoms in total. The van der Waals surface area contributed by atoms with Crippen molar-refractivity contribution in [3.63, 3.8) is 0 Å². The summed E-state index contributed by atoms with van der Waals surface area (Å²) in [5.41, 5.74) is 0.403. The summed E-state index contributed by atoms with van der Waals surface area (Å²) >= 11 is 0. The smallest absolute Gasteiger partial charge is 0.271 e. The van der Waals surface area contributed by atoms with Crippen molar-refractivity contribution in [3.05, 3.63) is 17.8 Å². The molecule has 1 N–H and O–H groups in total. The standard InChI is InChI=1S/C16H26N4O/c1-3-4-5-10-17-16(21)14-8-9-15(19-18-14)20-11-6-7-13(2)12-20/h8-9,13H,3-7,10-12H2,1-2H3,(H,17,21). The SMILES string of the molecule is CCCCCNC(=O)c1ccc(N2CCCC(C)C2)nn1. The third-order valence-electron chi connectivity index (χ3n) is 3.93. The molecule has 116 valence electrons. The molecule has 5 heteroatoms. The third-order valence-corrected chi connectivity index (χ3v) is 3.93. The van der Waals surface area contributed by atoms with Gasteiger partial charge < -0.3 is 10.2 Å². The van der Waals surface area contributed by atoms with E-state index in [4.69, 9.17) is 0 Å². The molecule has 1 aliphatic heterocycles. The minimum absolute atomic E-state index is 0.128. The Balaban J connectivity index is 1.87. The molecule has 1 amide bonds. The molecule has 0 saturated carbocycles. The number of carbonyl (C=O) groups excluding carboxylic acids is 1. The van der Waals surface area contributed by atoms with Crippen LogP contribution < -0.4 is 10.2 Å². The largest absolute Gasteiger partial charge is 0.355 e. The molecule has 0 aliphatic carbocycles. The molecular formula is C16H26N4O. The van der Waals surface area contributed by atoms with E-state index in [1.54, 1.807) is 6.07 Å². The lowest BCUT2D eigenvalue weighted by molar-refractivity contribution is 0.0947. The Morgan fingerprint density at radius 1 is 1.38 bits per heavy atom. The van der Waals surface area contributed by atoms with Gasteiger partial charge in [-0.1, -0.05) is 26.7 Å². The maximum Gasteiger partial charge on any atom is 0.271 e. The normalized spacial score (nSPS) is 18.6. The van der Waals surface area contributed by atoms with E-state index in [9.17, 15) is 4.79 Å². The first-order chi connectivity index (χ1) is 10.2. The Kier molecular flexibility index (Phi) is 5.96. The third kappa shape index (κ3) is 4.69. The molecule has 1 fully saturated rings. The van der Waals surface area contributed by atoms with Gasteiger partial charge in [0, 0.05) is 19.6 Å². The zero-order chi connectivity index (χ0) is 15.1. The number of amides is 1. The minimum atomic E-state index is -0.128. The molecule has 1 aromatic heterocycles. The molecule has 1 aromatic rings. The van der Waals surface area contributed by atoms with E-state index in [0.29, 0.717) is 18.2 Å². The highest BCUT2D eigenvalue weighted by Crippen LogP contribution is 2.20. The Morgan fingerprint density at radius 2 is 2.24 bits per heavy atom. The van der Waals surface area contributed by atoms with Crippen LogP contribution in [0.4, 0.5) is 5.82 Å². The van der Waals surface area contributed by atoms with Crippen molar-refractivity contribution in [1.82, 2.24) is 15.5 Å². The Labute approximate surface area is 127 Å². The number of nitrogens with one attached hydrogen (secondary N) is 1. The van der Waals surface area contributed by atoms with Gasteiger partial charge in [-0.25, -0.2) is 0 Å². The molecule has 0 spiro atoms. The second-order valence-electron chi connectivity index (χ2n) is 5.93. The van der Waals surface area contributed by atoms with Crippen LogP contribution in [0.5, 0.6) is 0 Å². The summed E-state index contributed by atoms with van der Waals surface area (Å²) < 4.78 is 0. The molecule has 0 aromatic carbocycles. The van der Waals surface area contributed by atoms with E-state index in [2.05, 4.69) is 34.3 Å². The van der Waals surface area contributed by atoms with Gasteiger partial charge in [0.05, 0.1) is 0 Å². The van der Waals surface area contributed by atoms with Gasteiger partial charge in [0.1, 0.15) is 0 Å². The number of aromatic nitrogens is 2. The van der Waals surface area contributed by atoms with E-state index >= 15 is 0 Å². The molecule has 21 heavy (non-hydrogen) atoms. The van der Waals surface area contributed by atoms with Gasteiger partial charge in [-0.2, -0.15) is 0 Å². The molecule has 1 unspecified atom stereocenters. The number of carbonyl (C=O) groups is 1. The molecule has 1 saturated heterocycles. The molecule has 0 bridgehead atoms. The lowest BCUT2D eigenvalue weighted by Crippen LogP contribution is -2.35. The summed E-state index contributed by atoms with van der Waals surface area (Å²) in [5, 5.41) is 11.2. The minimum Gasteiger partial charge on any atom is -0.355 e. The fraction of sp³-hybridized carbons (Fsp3) is 0.688. The number of piperidine rings is 1. The highest BCUT2D eigenvalue weighted by Gasteiger charge is 2.18. The van der Waals surface area contributed by atoms with E-state index in [1.807, 2.05) is 6.07 Å². The van der Waals surface area contributed by atoms with E-state index in [1.165, 1.54) is 12.8 Å². The van der Waals surface area contributed by atoms with Gasteiger partial charge in [0.25, 0.3) is 5.91 Å². The van der Waals surface area contributed by atoms with E-state index < -0.39 is 0 Å². The fourth-order valence-corrected chi connectivity index (χ4v) is 2.68. The van der Waals surface area contributed by atoms with Crippen molar-refractivity contribution in [2.24, 2.45) is 5.92 Å². The monoisotopic (exact) mass is 290 g/mol. The number of hydrogen-bond acceptors (Lipinski definition) is 4. The predicted molar refractivity (Wildman–Crippen MR) is 84.5 cm³/mol. The van der Waals surface area contributed by atoms with Crippen LogP contribution in [-0.2, 0) is 0 Å². The number of hydrogen-bond donors (Lipinski definition) is 1. The molecule has 1 aliphatic rings. The van der Waals surface area contributed by atoms with Crippen molar-refractivity contribution < 1.29 is 4.79 Å². The topological polar surface area (TPSA) is 58.1 Å². The number of unbranched alkanes of at least 4 members (excludes halogenated alkanes) is 2. The van der Waals surface area contributed by atoms with Crippen LogP contribution in [0.15, 0.2) is 12.1 Å². The highest BCUT2D eigenvalue weighted by atomic mass is 16.1. The Bertz CT molecular complexity index is 446. The van der Waals surface area contributed by atoms with Gasteiger partial charge in [-0.3, -0.25) is 4.79 Å². The molecule has 2 heterocycles. The predicted octanol–water partition coefficient (Wildman–Crippen LogP) is 2.63. The molecule has 0 radical (unpaired) electrons. The van der Waals surface area contributed by atoms with Crippen LogP contribution >= 0.6 is 0 Å². The summed E-state index contributed by atoms with van der Waals surface area (Å²) in [5.74, 6) is 1.45. The van der Waals surface area contributed by atoms with Gasteiger partial charge in [-0.05, 0) is 37.3 Å². The average molecular weight is 290 g/mol. The first kappa shape index (κ1) is 15.7. The summed E-state index contributed by atoms with van der Waals surface area (Å²) in [6, 6.07) is 3.68. The van der Waals surface area contributed by atoms with Crippen molar-refractivity contribution in [1.29, 1.82) is 0 Å². The Hall–Kier alpha value is -1.65. The maximum atomic E-state index is 11.9. The zero-order valence-corrected chi connectivity index (χ0v) is 13.1. The van der Waals surface area contributed by atoms with E-state index in [0.717, 1.165) is 38.2 Å². The second-order valence-corrected chi connectivity index (χ2v) is 5.93. The lowest BCUT2D eigenvalue weighted by atomic mass is 10.0. The first-order valence-corrected chi connectivity index (χ1v) is 8.07. The molecule has 2 rings (SSSR count).